The van der Waals surface area contributed by atoms with Gasteiger partial charge in [0.15, 0.2) is 0 Å². The summed E-state index contributed by atoms with van der Waals surface area (Å²) in [5.74, 6) is -0.249. The molecule has 1 atom stereocenters. The van der Waals surface area contributed by atoms with Crippen molar-refractivity contribution in [2.45, 2.75) is 38.8 Å². The summed E-state index contributed by atoms with van der Waals surface area (Å²) in [5.41, 5.74) is 1.70. The smallest absolute Gasteiger partial charge is 0.307 e. The first-order valence-electron chi connectivity index (χ1n) is 11.3. The lowest BCUT2D eigenvalue weighted by Gasteiger charge is -2.33. The third-order valence-corrected chi connectivity index (χ3v) is 5.30. The summed E-state index contributed by atoms with van der Waals surface area (Å²) in [6.07, 6.45) is 1.63. The third kappa shape index (κ3) is 7.91. The van der Waals surface area contributed by atoms with Gasteiger partial charge in [-0.25, -0.2) is 0 Å². The van der Waals surface area contributed by atoms with E-state index in [9.17, 15) is 14.4 Å². The van der Waals surface area contributed by atoms with Crippen molar-refractivity contribution in [3.05, 3.63) is 60.2 Å². The molecule has 0 radical (unpaired) electrons. The molecule has 1 heterocycles. The number of benzene rings is 2. The van der Waals surface area contributed by atoms with Crippen molar-refractivity contribution < 1.29 is 23.9 Å². The Labute approximate surface area is 194 Å². The summed E-state index contributed by atoms with van der Waals surface area (Å²) in [5, 5.41) is 5.59. The second-order valence-corrected chi connectivity index (χ2v) is 7.90. The molecule has 1 fully saturated rings. The van der Waals surface area contributed by atoms with Crippen LogP contribution >= 0.6 is 0 Å². The van der Waals surface area contributed by atoms with Crippen molar-refractivity contribution in [2.24, 2.45) is 0 Å². The number of carbonyl (C=O) groups excluding carboxylic acids is 3. The van der Waals surface area contributed by atoms with Crippen LogP contribution in [0.5, 0.6) is 5.75 Å². The second kappa shape index (κ2) is 12.6. The van der Waals surface area contributed by atoms with Crippen molar-refractivity contribution >= 4 is 23.5 Å². The predicted octanol–water partition coefficient (Wildman–Crippen LogP) is 2.74. The molecule has 8 nitrogen and oxygen atoms in total. The molecular weight excluding hydrogens is 422 g/mol. The SMILES string of the molecule is CCCCOC(=O)CC1C(=O)NCCN1CC(=O)Nc1ccc(OCc2ccccc2)cc1. The Bertz CT molecular complexity index is 917. The highest BCUT2D eigenvalue weighted by Crippen LogP contribution is 2.18. The number of carbonyl (C=O) groups is 3. The Kier molecular flexibility index (Phi) is 9.26. The molecule has 1 saturated heterocycles. The molecule has 1 unspecified atom stereocenters. The minimum Gasteiger partial charge on any atom is -0.489 e. The van der Waals surface area contributed by atoms with E-state index < -0.39 is 12.0 Å². The lowest BCUT2D eigenvalue weighted by molar-refractivity contribution is -0.149. The summed E-state index contributed by atoms with van der Waals surface area (Å²) in [6, 6.07) is 16.3. The van der Waals surface area contributed by atoms with Crippen molar-refractivity contribution in [2.75, 3.05) is 31.6 Å². The quantitative estimate of drug-likeness (QED) is 0.401. The van der Waals surface area contributed by atoms with Gasteiger partial charge in [0, 0.05) is 18.8 Å². The molecule has 8 heteroatoms. The minimum absolute atomic E-state index is 0.00653. The molecule has 2 N–H and O–H groups in total. The van der Waals surface area contributed by atoms with Gasteiger partial charge in [0.25, 0.3) is 0 Å². The maximum Gasteiger partial charge on any atom is 0.307 e. The molecule has 0 bridgehead atoms. The van der Waals surface area contributed by atoms with Gasteiger partial charge < -0.3 is 20.1 Å². The standard InChI is InChI=1S/C25H31N3O5/c1-2-3-15-32-24(30)16-22-25(31)26-13-14-28(22)17-23(29)27-20-9-11-21(12-10-20)33-18-19-7-5-4-6-8-19/h4-12,22H,2-3,13-18H2,1H3,(H,26,31)(H,27,29). The lowest BCUT2D eigenvalue weighted by atomic mass is 10.1. The zero-order valence-electron chi connectivity index (χ0n) is 18.9. The summed E-state index contributed by atoms with van der Waals surface area (Å²) in [6.45, 7) is 3.74. The Balaban J connectivity index is 1.49. The molecule has 33 heavy (non-hydrogen) atoms. The normalized spacial score (nSPS) is 16.0. The first-order chi connectivity index (χ1) is 16.0. The van der Waals surface area contributed by atoms with Crippen LogP contribution in [0.1, 0.15) is 31.7 Å². The fourth-order valence-electron chi connectivity index (χ4n) is 3.48. The third-order valence-electron chi connectivity index (χ3n) is 5.30. The maximum atomic E-state index is 12.6. The van der Waals surface area contributed by atoms with Crippen LogP contribution in [0.2, 0.25) is 0 Å². The van der Waals surface area contributed by atoms with E-state index in [2.05, 4.69) is 10.6 Å². The topological polar surface area (TPSA) is 97.0 Å². The average Bonchev–Trinajstić information content (AvgIpc) is 2.82. The van der Waals surface area contributed by atoms with E-state index >= 15 is 0 Å². The fraction of sp³-hybridized carbons (Fsp3) is 0.400. The summed E-state index contributed by atoms with van der Waals surface area (Å²) in [7, 11) is 0. The van der Waals surface area contributed by atoms with Gasteiger partial charge in [-0.1, -0.05) is 43.7 Å². The van der Waals surface area contributed by atoms with Crippen LogP contribution in [0.4, 0.5) is 5.69 Å². The Hall–Kier alpha value is -3.39. The number of ether oxygens (including phenoxy) is 2. The van der Waals surface area contributed by atoms with Gasteiger partial charge in [-0.2, -0.15) is 0 Å². The molecule has 176 valence electrons. The molecule has 0 aliphatic carbocycles. The van der Waals surface area contributed by atoms with Crippen molar-refractivity contribution in [1.29, 1.82) is 0 Å². The largest absolute Gasteiger partial charge is 0.489 e. The van der Waals surface area contributed by atoms with Crippen LogP contribution in [0.15, 0.2) is 54.6 Å². The highest BCUT2D eigenvalue weighted by atomic mass is 16.5. The number of nitrogens with one attached hydrogen (secondary N) is 2. The molecule has 1 aliphatic rings. The molecule has 1 aliphatic heterocycles. The number of anilines is 1. The molecule has 2 amide bonds. The van der Waals surface area contributed by atoms with Gasteiger partial charge >= 0.3 is 5.97 Å². The Morgan fingerprint density at radius 3 is 2.61 bits per heavy atom. The van der Waals surface area contributed by atoms with Gasteiger partial charge in [-0.15, -0.1) is 0 Å². The zero-order valence-corrected chi connectivity index (χ0v) is 18.9. The second-order valence-electron chi connectivity index (χ2n) is 7.90. The Morgan fingerprint density at radius 1 is 1.12 bits per heavy atom. The molecular formula is C25H31N3O5. The van der Waals surface area contributed by atoms with Crippen LogP contribution in [0, 0.1) is 0 Å². The van der Waals surface area contributed by atoms with Crippen LogP contribution in [-0.2, 0) is 25.7 Å². The van der Waals surface area contributed by atoms with E-state index in [0.717, 1.165) is 18.4 Å². The van der Waals surface area contributed by atoms with Gasteiger partial charge in [0.2, 0.25) is 11.8 Å². The number of hydrogen-bond acceptors (Lipinski definition) is 6. The molecule has 0 spiro atoms. The molecule has 3 rings (SSSR count). The van der Waals surface area contributed by atoms with E-state index in [1.54, 1.807) is 29.2 Å². The number of hydrogen-bond donors (Lipinski definition) is 2. The predicted molar refractivity (Wildman–Crippen MR) is 125 cm³/mol. The van der Waals surface area contributed by atoms with E-state index in [1.165, 1.54) is 0 Å². The van der Waals surface area contributed by atoms with Crippen LogP contribution in [-0.4, -0.2) is 55.0 Å². The maximum absolute atomic E-state index is 12.6. The lowest BCUT2D eigenvalue weighted by Crippen LogP contribution is -2.57. The van der Waals surface area contributed by atoms with Crippen molar-refractivity contribution in [1.82, 2.24) is 10.2 Å². The monoisotopic (exact) mass is 453 g/mol. The number of nitrogens with zero attached hydrogens (tertiary/aromatic N) is 1. The van der Waals surface area contributed by atoms with Crippen LogP contribution < -0.4 is 15.4 Å². The van der Waals surface area contributed by atoms with Gasteiger partial charge in [-0.05, 0) is 36.2 Å². The van der Waals surface area contributed by atoms with Gasteiger partial charge in [0.1, 0.15) is 18.4 Å². The first-order valence-corrected chi connectivity index (χ1v) is 11.3. The zero-order chi connectivity index (χ0) is 23.5. The summed E-state index contributed by atoms with van der Waals surface area (Å²) >= 11 is 0. The average molecular weight is 454 g/mol. The van der Waals surface area contributed by atoms with Crippen LogP contribution in [0.25, 0.3) is 0 Å². The summed E-state index contributed by atoms with van der Waals surface area (Å²) < 4.78 is 10.9. The molecule has 2 aromatic carbocycles. The minimum atomic E-state index is -0.715. The van der Waals surface area contributed by atoms with Crippen molar-refractivity contribution in [3.63, 3.8) is 0 Å². The van der Waals surface area contributed by atoms with E-state index in [1.807, 2.05) is 37.3 Å². The van der Waals surface area contributed by atoms with Crippen molar-refractivity contribution in [3.8, 4) is 5.75 Å². The van der Waals surface area contributed by atoms with Gasteiger partial charge in [-0.3, -0.25) is 19.3 Å². The highest BCUT2D eigenvalue weighted by molar-refractivity contribution is 5.93. The van der Waals surface area contributed by atoms with Gasteiger partial charge in [0.05, 0.1) is 19.6 Å². The fourth-order valence-corrected chi connectivity index (χ4v) is 3.48. The molecule has 0 aromatic heterocycles. The molecule has 2 aromatic rings. The molecule has 0 saturated carbocycles. The highest BCUT2D eigenvalue weighted by Gasteiger charge is 2.33. The number of piperazine rings is 1. The van der Waals surface area contributed by atoms with E-state index in [0.29, 0.717) is 37.7 Å². The number of esters is 1. The number of rotatable bonds is 11. The Morgan fingerprint density at radius 2 is 1.88 bits per heavy atom. The summed E-state index contributed by atoms with van der Waals surface area (Å²) in [4.78, 5) is 38.7. The number of amides is 2. The van der Waals surface area contributed by atoms with Crippen LogP contribution in [0.3, 0.4) is 0 Å². The number of unbranched alkanes of at least 4 members (excludes halogenated alkanes) is 1. The van der Waals surface area contributed by atoms with E-state index in [-0.39, 0.29) is 24.8 Å². The first kappa shape index (κ1) is 24.3. The van der Waals surface area contributed by atoms with E-state index in [4.69, 9.17) is 9.47 Å².